The third-order valence-electron chi connectivity index (χ3n) is 1.55. The van der Waals surface area contributed by atoms with Crippen molar-refractivity contribution < 1.29 is 0 Å². The highest BCUT2D eigenvalue weighted by Crippen LogP contribution is 2.18. The highest BCUT2D eigenvalue weighted by Gasteiger charge is 2.06. The van der Waals surface area contributed by atoms with Gasteiger partial charge in [0.2, 0.25) is 0 Å². The van der Waals surface area contributed by atoms with Gasteiger partial charge in [-0.15, -0.1) is 11.8 Å². The molecule has 0 aromatic carbocycles. The normalized spacial score (nSPS) is 23.4. The molecule has 0 spiro atoms. The van der Waals surface area contributed by atoms with Crippen LogP contribution in [0.3, 0.4) is 0 Å². The second kappa shape index (κ2) is 3.35. The quantitative estimate of drug-likeness (QED) is 0.464. The third kappa shape index (κ3) is 1.93. The monoisotopic (exact) mass is 119 g/mol. The molecule has 47 valence electrons. The van der Waals surface area contributed by atoms with Crippen molar-refractivity contribution in [1.82, 2.24) is 0 Å². The van der Waals surface area contributed by atoms with Gasteiger partial charge in [-0.05, 0) is 31.8 Å². The Hall–Kier alpha value is -0.700. The van der Waals surface area contributed by atoms with Gasteiger partial charge in [0.25, 0.3) is 0 Å². The minimum absolute atomic E-state index is 0.706. The second-order valence-corrected chi connectivity index (χ2v) is 2.30. The Morgan fingerprint density at radius 3 is 3.22 bits per heavy atom. The summed E-state index contributed by atoms with van der Waals surface area (Å²) in [5, 5.41) is 0. The van der Waals surface area contributed by atoms with Gasteiger partial charge in [-0.25, -0.2) is 0 Å². The average Bonchev–Trinajstić information content (AvgIpc) is 2.34. The third-order valence-corrected chi connectivity index (χ3v) is 1.55. The van der Waals surface area contributed by atoms with Gasteiger partial charge in [-0.1, -0.05) is 6.08 Å². The fraction of sp³-hybridized carbons (Fsp3) is 0.556. The molecule has 1 unspecified atom stereocenters. The Balaban J connectivity index is 2.25. The SMILES string of the molecule is CC#CCC1C=[C]CC1. The van der Waals surface area contributed by atoms with Crippen LogP contribution in [0.15, 0.2) is 6.08 Å². The summed E-state index contributed by atoms with van der Waals surface area (Å²) in [5.74, 6) is 6.67. The van der Waals surface area contributed by atoms with E-state index in [9.17, 15) is 0 Å². The Bertz CT molecular complexity index is 155. The van der Waals surface area contributed by atoms with E-state index in [2.05, 4.69) is 24.0 Å². The molecule has 1 aliphatic rings. The van der Waals surface area contributed by atoms with Crippen molar-refractivity contribution in [1.29, 1.82) is 0 Å². The Kier molecular flexibility index (Phi) is 2.39. The van der Waals surface area contributed by atoms with Crippen LogP contribution in [0.5, 0.6) is 0 Å². The van der Waals surface area contributed by atoms with Gasteiger partial charge in [-0.2, -0.15) is 0 Å². The van der Waals surface area contributed by atoms with Crippen LogP contribution in [0, 0.1) is 23.8 Å². The van der Waals surface area contributed by atoms with Crippen molar-refractivity contribution in [3.63, 3.8) is 0 Å². The molecule has 1 atom stereocenters. The first-order valence-corrected chi connectivity index (χ1v) is 3.40. The van der Waals surface area contributed by atoms with Gasteiger partial charge in [0, 0.05) is 6.42 Å². The van der Waals surface area contributed by atoms with E-state index >= 15 is 0 Å². The number of hydrogen-bond donors (Lipinski definition) is 0. The van der Waals surface area contributed by atoms with Gasteiger partial charge in [0.15, 0.2) is 0 Å². The fourth-order valence-corrected chi connectivity index (χ4v) is 0.996. The molecule has 0 aliphatic heterocycles. The predicted octanol–water partition coefficient (Wildman–Crippen LogP) is 2.17. The van der Waals surface area contributed by atoms with Gasteiger partial charge in [0.1, 0.15) is 0 Å². The van der Waals surface area contributed by atoms with E-state index in [-0.39, 0.29) is 0 Å². The summed E-state index contributed by atoms with van der Waals surface area (Å²) in [6.45, 7) is 1.89. The van der Waals surface area contributed by atoms with Crippen LogP contribution in [0.2, 0.25) is 0 Å². The molecule has 0 saturated carbocycles. The summed E-state index contributed by atoms with van der Waals surface area (Å²) < 4.78 is 0. The van der Waals surface area contributed by atoms with Crippen LogP contribution in [0.4, 0.5) is 0 Å². The molecule has 1 radical (unpaired) electrons. The van der Waals surface area contributed by atoms with E-state index in [1.54, 1.807) is 0 Å². The van der Waals surface area contributed by atoms with Crippen LogP contribution in [0.1, 0.15) is 26.2 Å². The molecule has 1 aliphatic carbocycles. The van der Waals surface area contributed by atoms with Crippen molar-refractivity contribution in [2.45, 2.75) is 26.2 Å². The van der Waals surface area contributed by atoms with E-state index < -0.39 is 0 Å². The molecular formula is C9H11. The number of allylic oxidation sites excluding steroid dienone is 2. The summed E-state index contributed by atoms with van der Waals surface area (Å²) >= 11 is 0. The highest BCUT2D eigenvalue weighted by atomic mass is 14.1. The molecule has 1 rings (SSSR count). The number of rotatable bonds is 1. The first-order chi connectivity index (χ1) is 4.43. The molecule has 9 heavy (non-hydrogen) atoms. The van der Waals surface area contributed by atoms with Crippen LogP contribution >= 0.6 is 0 Å². The van der Waals surface area contributed by atoms with Crippen LogP contribution < -0.4 is 0 Å². The second-order valence-electron chi connectivity index (χ2n) is 2.30. The van der Waals surface area contributed by atoms with Crippen LogP contribution in [0.25, 0.3) is 0 Å². The Morgan fingerprint density at radius 1 is 1.78 bits per heavy atom. The molecule has 0 amide bonds. The zero-order valence-electron chi connectivity index (χ0n) is 5.78. The van der Waals surface area contributed by atoms with E-state index in [1.165, 1.54) is 6.42 Å². The van der Waals surface area contributed by atoms with Crippen molar-refractivity contribution in [3.8, 4) is 11.8 Å². The predicted molar refractivity (Wildman–Crippen MR) is 38.6 cm³/mol. The molecule has 0 N–H and O–H groups in total. The first-order valence-electron chi connectivity index (χ1n) is 3.40. The lowest BCUT2D eigenvalue weighted by Gasteiger charge is -1.97. The molecular weight excluding hydrogens is 108 g/mol. The largest absolute Gasteiger partial charge is 0.107 e. The van der Waals surface area contributed by atoms with Crippen molar-refractivity contribution in [2.24, 2.45) is 5.92 Å². The lowest BCUT2D eigenvalue weighted by atomic mass is 10.1. The van der Waals surface area contributed by atoms with E-state index in [0.717, 1.165) is 12.8 Å². The maximum absolute atomic E-state index is 3.19. The smallest absolute Gasteiger partial charge is 0.0152 e. The van der Waals surface area contributed by atoms with E-state index in [4.69, 9.17) is 0 Å². The van der Waals surface area contributed by atoms with Gasteiger partial charge < -0.3 is 0 Å². The zero-order chi connectivity index (χ0) is 6.53. The fourth-order valence-electron chi connectivity index (χ4n) is 0.996. The van der Waals surface area contributed by atoms with Gasteiger partial charge >= 0.3 is 0 Å². The topological polar surface area (TPSA) is 0 Å². The molecule has 0 saturated heterocycles. The summed E-state index contributed by atoms with van der Waals surface area (Å²) in [5.41, 5.74) is 0. The lowest BCUT2D eigenvalue weighted by molar-refractivity contribution is 0.652. The van der Waals surface area contributed by atoms with Crippen molar-refractivity contribution in [3.05, 3.63) is 12.2 Å². The Labute approximate surface area is 57.0 Å². The molecule has 0 heterocycles. The maximum atomic E-state index is 3.19. The van der Waals surface area contributed by atoms with Crippen LogP contribution in [-0.4, -0.2) is 0 Å². The van der Waals surface area contributed by atoms with Gasteiger partial charge in [0.05, 0.1) is 0 Å². The number of hydrogen-bond acceptors (Lipinski definition) is 0. The molecule has 0 aromatic heterocycles. The minimum atomic E-state index is 0.706. The molecule has 0 bridgehead atoms. The molecule has 0 heteroatoms. The molecule has 0 fully saturated rings. The van der Waals surface area contributed by atoms with Crippen LogP contribution in [-0.2, 0) is 0 Å². The highest BCUT2D eigenvalue weighted by molar-refractivity contribution is 5.02. The molecule has 0 aromatic rings. The van der Waals surface area contributed by atoms with Crippen molar-refractivity contribution in [2.75, 3.05) is 0 Å². The van der Waals surface area contributed by atoms with E-state index in [0.29, 0.717) is 5.92 Å². The Morgan fingerprint density at radius 2 is 2.67 bits per heavy atom. The van der Waals surface area contributed by atoms with Crippen molar-refractivity contribution >= 4 is 0 Å². The summed E-state index contributed by atoms with van der Waals surface area (Å²) in [6, 6.07) is 0. The summed E-state index contributed by atoms with van der Waals surface area (Å²) in [4.78, 5) is 0. The first kappa shape index (κ1) is 6.42. The lowest BCUT2D eigenvalue weighted by Crippen LogP contribution is -1.87. The average molecular weight is 119 g/mol. The standard InChI is InChI=1S/C9H11/c1-2-3-6-9-7-4-5-8-9/h8-9H,4,6-7H2,1H3. The van der Waals surface area contributed by atoms with E-state index in [1.807, 2.05) is 6.92 Å². The maximum Gasteiger partial charge on any atom is 0.0152 e. The minimum Gasteiger partial charge on any atom is -0.107 e. The summed E-state index contributed by atoms with van der Waals surface area (Å²) in [7, 11) is 0. The summed E-state index contributed by atoms with van der Waals surface area (Å²) in [6.07, 6.45) is 8.77. The zero-order valence-corrected chi connectivity index (χ0v) is 5.78. The molecule has 0 nitrogen and oxygen atoms in total. The van der Waals surface area contributed by atoms with Gasteiger partial charge in [-0.3, -0.25) is 0 Å².